The maximum atomic E-state index is 5.75. The van der Waals surface area contributed by atoms with Crippen molar-refractivity contribution in [1.29, 1.82) is 0 Å². The van der Waals surface area contributed by atoms with Crippen molar-refractivity contribution in [1.82, 2.24) is 4.98 Å². The van der Waals surface area contributed by atoms with Crippen molar-refractivity contribution in [3.8, 4) is 17.2 Å². The minimum atomic E-state index is 0.740. The number of methoxy groups -OCH3 is 1. The third-order valence-corrected chi connectivity index (χ3v) is 2.49. The Morgan fingerprint density at radius 1 is 1.00 bits per heavy atom. The van der Waals surface area contributed by atoms with Gasteiger partial charge < -0.3 is 9.47 Å². The van der Waals surface area contributed by atoms with E-state index < -0.39 is 0 Å². The fourth-order valence-electron chi connectivity index (χ4n) is 1.50. The van der Waals surface area contributed by atoms with Crippen LogP contribution in [-0.4, -0.2) is 12.1 Å². The molecule has 0 aliphatic rings. The Morgan fingerprint density at radius 2 is 1.76 bits per heavy atom. The minimum Gasteiger partial charge on any atom is -0.497 e. The maximum Gasteiger partial charge on any atom is 0.145 e. The summed E-state index contributed by atoms with van der Waals surface area (Å²) in [6.07, 6.45) is 1.72. The normalized spacial score (nSPS) is 10.1. The van der Waals surface area contributed by atoms with Crippen LogP contribution in [-0.2, 0) is 0 Å². The number of aromatic nitrogens is 1. The molecule has 1 aromatic carbocycles. The second kappa shape index (κ2) is 4.87. The highest BCUT2D eigenvalue weighted by Crippen LogP contribution is 2.27. The van der Waals surface area contributed by atoms with E-state index in [0.717, 1.165) is 28.5 Å². The van der Waals surface area contributed by atoms with E-state index in [4.69, 9.17) is 9.47 Å². The first-order valence-corrected chi connectivity index (χ1v) is 5.44. The van der Waals surface area contributed by atoms with Crippen LogP contribution in [0.4, 0.5) is 0 Å². The summed E-state index contributed by atoms with van der Waals surface area (Å²) in [4.78, 5) is 4.19. The average molecular weight is 229 g/mol. The van der Waals surface area contributed by atoms with E-state index in [9.17, 15) is 0 Å². The van der Waals surface area contributed by atoms with Gasteiger partial charge in [0, 0.05) is 5.69 Å². The van der Waals surface area contributed by atoms with Gasteiger partial charge in [-0.25, -0.2) is 0 Å². The van der Waals surface area contributed by atoms with Gasteiger partial charge in [0.2, 0.25) is 0 Å². The Bertz CT molecular complexity index is 506. The number of hydrogen-bond acceptors (Lipinski definition) is 3. The molecule has 0 atom stereocenters. The van der Waals surface area contributed by atoms with Crippen molar-refractivity contribution < 1.29 is 9.47 Å². The average Bonchev–Trinajstić information content (AvgIpc) is 2.34. The molecule has 0 amide bonds. The SMILES string of the molecule is COc1ccc(Oc2ccc(C)nc2)c(C)c1. The number of pyridine rings is 1. The fourth-order valence-corrected chi connectivity index (χ4v) is 1.50. The molecule has 1 aromatic heterocycles. The van der Waals surface area contributed by atoms with Crippen LogP contribution in [0.1, 0.15) is 11.3 Å². The number of benzene rings is 1. The molecule has 3 nitrogen and oxygen atoms in total. The zero-order chi connectivity index (χ0) is 12.3. The van der Waals surface area contributed by atoms with Gasteiger partial charge in [-0.15, -0.1) is 0 Å². The molecule has 88 valence electrons. The van der Waals surface area contributed by atoms with Crippen molar-refractivity contribution in [3.63, 3.8) is 0 Å². The topological polar surface area (TPSA) is 31.4 Å². The van der Waals surface area contributed by atoms with Gasteiger partial charge in [-0.05, 0) is 49.7 Å². The molecule has 0 saturated carbocycles. The van der Waals surface area contributed by atoms with E-state index in [1.54, 1.807) is 13.3 Å². The monoisotopic (exact) mass is 229 g/mol. The Hall–Kier alpha value is -2.03. The zero-order valence-corrected chi connectivity index (χ0v) is 10.2. The minimum absolute atomic E-state index is 0.740. The van der Waals surface area contributed by atoms with Crippen molar-refractivity contribution in [2.24, 2.45) is 0 Å². The van der Waals surface area contributed by atoms with Crippen LogP contribution in [0.3, 0.4) is 0 Å². The summed E-state index contributed by atoms with van der Waals surface area (Å²) in [7, 11) is 1.65. The predicted octanol–water partition coefficient (Wildman–Crippen LogP) is 3.50. The summed E-state index contributed by atoms with van der Waals surface area (Å²) >= 11 is 0. The van der Waals surface area contributed by atoms with Gasteiger partial charge in [-0.2, -0.15) is 0 Å². The molecule has 3 heteroatoms. The molecular weight excluding hydrogens is 214 g/mol. The molecule has 0 unspecified atom stereocenters. The zero-order valence-electron chi connectivity index (χ0n) is 10.2. The van der Waals surface area contributed by atoms with E-state index >= 15 is 0 Å². The second-order valence-corrected chi connectivity index (χ2v) is 3.87. The molecule has 2 aromatic rings. The molecule has 0 bridgehead atoms. The van der Waals surface area contributed by atoms with Crippen LogP contribution in [0.25, 0.3) is 0 Å². The molecule has 0 saturated heterocycles. The lowest BCUT2D eigenvalue weighted by Crippen LogP contribution is -1.90. The molecule has 17 heavy (non-hydrogen) atoms. The van der Waals surface area contributed by atoms with E-state index in [1.165, 1.54) is 0 Å². The summed E-state index contributed by atoms with van der Waals surface area (Å²) in [5.74, 6) is 2.39. The van der Waals surface area contributed by atoms with Crippen molar-refractivity contribution >= 4 is 0 Å². The maximum absolute atomic E-state index is 5.75. The van der Waals surface area contributed by atoms with Gasteiger partial charge in [0.1, 0.15) is 17.2 Å². The van der Waals surface area contributed by atoms with Crippen LogP contribution in [0.5, 0.6) is 17.2 Å². The smallest absolute Gasteiger partial charge is 0.145 e. The molecule has 1 heterocycles. The first-order valence-electron chi connectivity index (χ1n) is 5.44. The van der Waals surface area contributed by atoms with Crippen LogP contribution >= 0.6 is 0 Å². The number of ether oxygens (including phenoxy) is 2. The number of nitrogens with zero attached hydrogens (tertiary/aromatic N) is 1. The van der Waals surface area contributed by atoms with Gasteiger partial charge >= 0.3 is 0 Å². The van der Waals surface area contributed by atoms with Gasteiger partial charge in [0.25, 0.3) is 0 Å². The quantitative estimate of drug-likeness (QED) is 0.807. The van der Waals surface area contributed by atoms with E-state index in [2.05, 4.69) is 4.98 Å². The molecule has 0 aliphatic carbocycles. The number of rotatable bonds is 3. The summed E-state index contributed by atoms with van der Waals surface area (Å²) < 4.78 is 10.9. The van der Waals surface area contributed by atoms with Crippen molar-refractivity contribution in [2.45, 2.75) is 13.8 Å². The van der Waals surface area contributed by atoms with Crippen LogP contribution in [0, 0.1) is 13.8 Å². The van der Waals surface area contributed by atoms with Crippen LogP contribution < -0.4 is 9.47 Å². The van der Waals surface area contributed by atoms with Crippen LogP contribution in [0.15, 0.2) is 36.5 Å². The van der Waals surface area contributed by atoms with Gasteiger partial charge in [0.05, 0.1) is 13.3 Å². The predicted molar refractivity (Wildman–Crippen MR) is 66.8 cm³/mol. The van der Waals surface area contributed by atoms with Crippen LogP contribution in [0.2, 0.25) is 0 Å². The lowest BCUT2D eigenvalue weighted by Gasteiger charge is -2.09. The van der Waals surface area contributed by atoms with E-state index in [0.29, 0.717) is 0 Å². The molecule has 2 rings (SSSR count). The highest BCUT2D eigenvalue weighted by molar-refractivity contribution is 5.41. The van der Waals surface area contributed by atoms with E-state index in [-0.39, 0.29) is 0 Å². The first-order chi connectivity index (χ1) is 8.19. The molecule has 0 N–H and O–H groups in total. The lowest BCUT2D eigenvalue weighted by molar-refractivity contribution is 0.412. The summed E-state index contributed by atoms with van der Waals surface area (Å²) in [5, 5.41) is 0. The molecule has 0 radical (unpaired) electrons. The Kier molecular flexibility index (Phi) is 3.28. The standard InChI is InChI=1S/C14H15NO2/c1-10-8-12(16-3)6-7-14(10)17-13-5-4-11(2)15-9-13/h4-9H,1-3H3. The summed E-state index contributed by atoms with van der Waals surface area (Å²) in [5.41, 5.74) is 2.01. The van der Waals surface area contributed by atoms with Gasteiger partial charge in [-0.3, -0.25) is 4.98 Å². The summed E-state index contributed by atoms with van der Waals surface area (Å²) in [6, 6.07) is 9.55. The Balaban J connectivity index is 2.21. The lowest BCUT2D eigenvalue weighted by atomic mass is 10.2. The molecule has 0 fully saturated rings. The van der Waals surface area contributed by atoms with Gasteiger partial charge in [0.15, 0.2) is 0 Å². The molecule has 0 aliphatic heterocycles. The highest BCUT2D eigenvalue weighted by Gasteiger charge is 2.03. The van der Waals surface area contributed by atoms with Gasteiger partial charge in [-0.1, -0.05) is 0 Å². The third kappa shape index (κ3) is 2.75. The first kappa shape index (κ1) is 11.5. The molecular formula is C14H15NO2. The number of hydrogen-bond donors (Lipinski definition) is 0. The number of aryl methyl sites for hydroxylation is 2. The largest absolute Gasteiger partial charge is 0.497 e. The summed E-state index contributed by atoms with van der Waals surface area (Å²) in [6.45, 7) is 3.93. The Labute approximate surface area is 101 Å². The highest BCUT2D eigenvalue weighted by atomic mass is 16.5. The fraction of sp³-hybridized carbons (Fsp3) is 0.214. The molecule has 0 spiro atoms. The van der Waals surface area contributed by atoms with Crippen molar-refractivity contribution in [2.75, 3.05) is 7.11 Å². The second-order valence-electron chi connectivity index (χ2n) is 3.87. The third-order valence-electron chi connectivity index (χ3n) is 2.49. The Morgan fingerprint density at radius 3 is 2.35 bits per heavy atom. The van der Waals surface area contributed by atoms with Crippen molar-refractivity contribution in [3.05, 3.63) is 47.8 Å². The van der Waals surface area contributed by atoms with E-state index in [1.807, 2.05) is 44.2 Å².